The maximum Gasteiger partial charge on any atom is 0.0661 e. The minimum absolute atomic E-state index is 0.497. The molecule has 2 nitrogen and oxygen atoms in total. The Morgan fingerprint density at radius 3 is 2.56 bits per heavy atom. The summed E-state index contributed by atoms with van der Waals surface area (Å²) in [6.07, 6.45) is 11.8. The predicted octanol–water partition coefficient (Wildman–Crippen LogP) is 3.50. The predicted molar refractivity (Wildman–Crippen MR) is 74.7 cm³/mol. The van der Waals surface area contributed by atoms with Gasteiger partial charge in [0.15, 0.2) is 0 Å². The van der Waals surface area contributed by atoms with Gasteiger partial charge in [0.25, 0.3) is 0 Å². The Kier molecular flexibility index (Phi) is 3.68. The molecule has 3 aliphatic carbocycles. The lowest BCUT2D eigenvalue weighted by Crippen LogP contribution is -2.65. The third kappa shape index (κ3) is 2.22. The number of ether oxygens (including phenoxy) is 1. The lowest BCUT2D eigenvalue weighted by atomic mass is 9.55. The molecule has 1 spiro atoms. The van der Waals surface area contributed by atoms with Crippen LogP contribution in [0.25, 0.3) is 0 Å². The zero-order valence-electron chi connectivity index (χ0n) is 12.1. The molecule has 3 saturated carbocycles. The second-order valence-electron chi connectivity index (χ2n) is 6.82. The summed E-state index contributed by atoms with van der Waals surface area (Å²) in [4.78, 5) is 0. The van der Waals surface area contributed by atoms with Crippen molar-refractivity contribution in [3.05, 3.63) is 0 Å². The lowest BCUT2D eigenvalue weighted by molar-refractivity contribution is -0.152. The van der Waals surface area contributed by atoms with Crippen LogP contribution >= 0.6 is 0 Å². The standard InChI is InChI=1S/C16H29NO/c1-3-18-15-11-14(17-12(2)13-7-8-13)16(15)9-5-4-6-10-16/h12-15,17H,3-11H2,1-2H3. The largest absolute Gasteiger partial charge is 0.378 e. The van der Waals surface area contributed by atoms with Crippen molar-refractivity contribution in [3.8, 4) is 0 Å². The van der Waals surface area contributed by atoms with Crippen LogP contribution in [0, 0.1) is 11.3 Å². The molecule has 0 aromatic heterocycles. The van der Waals surface area contributed by atoms with Crippen molar-refractivity contribution in [2.75, 3.05) is 6.61 Å². The van der Waals surface area contributed by atoms with Crippen molar-refractivity contribution >= 4 is 0 Å². The SMILES string of the molecule is CCOC1CC(NC(C)C2CC2)C12CCCCC2. The molecule has 0 radical (unpaired) electrons. The molecule has 0 saturated heterocycles. The monoisotopic (exact) mass is 251 g/mol. The fraction of sp³-hybridized carbons (Fsp3) is 1.00. The number of hydrogen-bond acceptors (Lipinski definition) is 2. The average Bonchev–Trinajstić information content (AvgIpc) is 3.23. The summed E-state index contributed by atoms with van der Waals surface area (Å²) in [5.41, 5.74) is 0.497. The van der Waals surface area contributed by atoms with Gasteiger partial charge in [-0.3, -0.25) is 0 Å². The molecule has 0 aromatic rings. The molecular weight excluding hydrogens is 222 g/mol. The first-order valence-electron chi connectivity index (χ1n) is 8.14. The van der Waals surface area contributed by atoms with Crippen LogP contribution in [0.3, 0.4) is 0 Å². The summed E-state index contributed by atoms with van der Waals surface area (Å²) in [5.74, 6) is 0.969. The smallest absolute Gasteiger partial charge is 0.0661 e. The van der Waals surface area contributed by atoms with Crippen molar-refractivity contribution in [1.29, 1.82) is 0 Å². The van der Waals surface area contributed by atoms with Crippen LogP contribution in [0.15, 0.2) is 0 Å². The highest BCUT2D eigenvalue weighted by Crippen LogP contribution is 2.53. The minimum Gasteiger partial charge on any atom is -0.378 e. The molecule has 0 aliphatic heterocycles. The Balaban J connectivity index is 1.62. The van der Waals surface area contributed by atoms with E-state index in [4.69, 9.17) is 4.74 Å². The van der Waals surface area contributed by atoms with Gasteiger partial charge in [0.2, 0.25) is 0 Å². The minimum atomic E-state index is 0.497. The molecular formula is C16H29NO. The Bertz CT molecular complexity index is 281. The number of nitrogens with one attached hydrogen (secondary N) is 1. The quantitative estimate of drug-likeness (QED) is 0.807. The summed E-state index contributed by atoms with van der Waals surface area (Å²) in [7, 11) is 0. The van der Waals surface area contributed by atoms with Crippen LogP contribution in [0.1, 0.15) is 65.2 Å². The van der Waals surface area contributed by atoms with Crippen molar-refractivity contribution in [2.24, 2.45) is 11.3 Å². The summed E-state index contributed by atoms with van der Waals surface area (Å²) < 4.78 is 6.02. The molecule has 3 aliphatic rings. The highest BCUT2D eigenvalue weighted by Gasteiger charge is 2.56. The van der Waals surface area contributed by atoms with Gasteiger partial charge in [-0.2, -0.15) is 0 Å². The molecule has 3 rings (SSSR count). The second-order valence-corrected chi connectivity index (χ2v) is 6.82. The first-order chi connectivity index (χ1) is 8.76. The van der Waals surface area contributed by atoms with Gasteiger partial charge in [0, 0.05) is 24.1 Å². The van der Waals surface area contributed by atoms with E-state index in [0.717, 1.165) is 24.6 Å². The zero-order valence-corrected chi connectivity index (χ0v) is 12.1. The second kappa shape index (κ2) is 5.13. The summed E-state index contributed by atoms with van der Waals surface area (Å²) in [6.45, 7) is 5.42. The van der Waals surface area contributed by atoms with Crippen molar-refractivity contribution in [2.45, 2.75) is 83.4 Å². The van der Waals surface area contributed by atoms with Crippen LogP contribution in [-0.2, 0) is 4.74 Å². The number of rotatable bonds is 5. The van der Waals surface area contributed by atoms with Crippen molar-refractivity contribution in [3.63, 3.8) is 0 Å². The Labute approximate surface area is 112 Å². The van der Waals surface area contributed by atoms with Crippen LogP contribution in [0.5, 0.6) is 0 Å². The highest BCUT2D eigenvalue weighted by atomic mass is 16.5. The Morgan fingerprint density at radius 2 is 1.94 bits per heavy atom. The van der Waals surface area contributed by atoms with Crippen molar-refractivity contribution < 1.29 is 4.74 Å². The molecule has 0 heterocycles. The van der Waals surface area contributed by atoms with E-state index in [1.165, 1.54) is 51.4 Å². The third-order valence-corrected chi connectivity index (χ3v) is 5.73. The molecule has 18 heavy (non-hydrogen) atoms. The maximum absolute atomic E-state index is 6.02. The van der Waals surface area contributed by atoms with Gasteiger partial charge in [-0.1, -0.05) is 19.3 Å². The molecule has 0 amide bonds. The summed E-state index contributed by atoms with van der Waals surface area (Å²) in [5, 5.41) is 3.95. The lowest BCUT2D eigenvalue weighted by Gasteiger charge is -2.58. The van der Waals surface area contributed by atoms with Gasteiger partial charge in [-0.25, -0.2) is 0 Å². The Hall–Kier alpha value is -0.0800. The van der Waals surface area contributed by atoms with E-state index in [2.05, 4.69) is 19.2 Å². The van der Waals surface area contributed by atoms with Gasteiger partial charge in [0.1, 0.15) is 0 Å². The molecule has 1 N–H and O–H groups in total. The average molecular weight is 251 g/mol. The van der Waals surface area contributed by atoms with Crippen LogP contribution in [0.2, 0.25) is 0 Å². The molecule has 3 atom stereocenters. The Morgan fingerprint density at radius 1 is 1.22 bits per heavy atom. The van der Waals surface area contributed by atoms with Gasteiger partial charge < -0.3 is 10.1 Å². The molecule has 3 fully saturated rings. The number of hydrogen-bond donors (Lipinski definition) is 1. The molecule has 2 heteroatoms. The van der Waals surface area contributed by atoms with Gasteiger partial charge in [-0.15, -0.1) is 0 Å². The molecule has 0 bridgehead atoms. The van der Waals surface area contributed by atoms with E-state index in [9.17, 15) is 0 Å². The third-order valence-electron chi connectivity index (χ3n) is 5.73. The van der Waals surface area contributed by atoms with Gasteiger partial charge in [0.05, 0.1) is 6.10 Å². The van der Waals surface area contributed by atoms with Crippen molar-refractivity contribution in [1.82, 2.24) is 5.32 Å². The first kappa shape index (κ1) is 12.9. The summed E-state index contributed by atoms with van der Waals surface area (Å²) >= 11 is 0. The van der Waals surface area contributed by atoms with Gasteiger partial charge >= 0.3 is 0 Å². The van der Waals surface area contributed by atoms with E-state index in [-0.39, 0.29) is 0 Å². The van der Waals surface area contributed by atoms with E-state index in [1.54, 1.807) is 0 Å². The molecule has 0 aromatic carbocycles. The highest BCUT2D eigenvalue weighted by molar-refractivity contribution is 5.10. The molecule has 3 unspecified atom stereocenters. The summed E-state index contributed by atoms with van der Waals surface area (Å²) in [6, 6.07) is 1.47. The zero-order chi connectivity index (χ0) is 12.6. The molecule has 104 valence electrons. The van der Waals surface area contributed by atoms with E-state index >= 15 is 0 Å². The topological polar surface area (TPSA) is 21.3 Å². The van der Waals surface area contributed by atoms with Crippen LogP contribution in [0.4, 0.5) is 0 Å². The van der Waals surface area contributed by atoms with Crippen LogP contribution in [-0.4, -0.2) is 24.8 Å². The maximum atomic E-state index is 6.02. The fourth-order valence-corrected chi connectivity index (χ4v) is 4.35. The first-order valence-corrected chi connectivity index (χ1v) is 8.14. The van der Waals surface area contributed by atoms with E-state index in [1.807, 2.05) is 0 Å². The fourth-order valence-electron chi connectivity index (χ4n) is 4.35. The van der Waals surface area contributed by atoms with E-state index < -0.39 is 0 Å². The van der Waals surface area contributed by atoms with Gasteiger partial charge in [-0.05, 0) is 51.9 Å². The van der Waals surface area contributed by atoms with E-state index in [0.29, 0.717) is 11.5 Å². The van der Waals surface area contributed by atoms with Crippen LogP contribution < -0.4 is 5.32 Å². The normalized spacial score (nSPS) is 36.3.